The molecular weight excluding hydrogens is 264 g/mol. The number of aliphatic hydroxyl groups excluding tert-OH is 1. The second kappa shape index (κ2) is 8.52. The Morgan fingerprint density at radius 2 is 1.76 bits per heavy atom. The number of pyridine rings is 1. The zero-order valence-corrected chi connectivity index (χ0v) is 12.3. The summed E-state index contributed by atoms with van der Waals surface area (Å²) in [5.41, 5.74) is 2.36. The number of nitrogens with one attached hydrogen (secondary N) is 1. The third kappa shape index (κ3) is 4.93. The lowest BCUT2D eigenvalue weighted by molar-refractivity contribution is 0.0591. The van der Waals surface area contributed by atoms with Crippen LogP contribution in [-0.2, 0) is 4.74 Å². The van der Waals surface area contributed by atoms with Crippen molar-refractivity contribution in [3.63, 3.8) is 0 Å². The van der Waals surface area contributed by atoms with E-state index in [1.165, 1.54) is 5.56 Å². The van der Waals surface area contributed by atoms with Crippen molar-refractivity contribution in [3.05, 3.63) is 66.0 Å². The fourth-order valence-electron chi connectivity index (χ4n) is 2.30. The summed E-state index contributed by atoms with van der Waals surface area (Å²) in [7, 11) is 1.60. The Labute approximate surface area is 125 Å². The van der Waals surface area contributed by atoms with Crippen LogP contribution in [0.2, 0.25) is 0 Å². The van der Waals surface area contributed by atoms with Gasteiger partial charge in [0, 0.05) is 19.5 Å². The van der Waals surface area contributed by atoms with Crippen LogP contribution in [0.25, 0.3) is 0 Å². The molecule has 4 heteroatoms. The summed E-state index contributed by atoms with van der Waals surface area (Å²) in [6.45, 7) is 1.08. The van der Waals surface area contributed by atoms with Crippen LogP contribution in [0.3, 0.4) is 0 Å². The third-order valence-electron chi connectivity index (χ3n) is 3.36. The number of ether oxygens (including phenoxy) is 1. The molecule has 2 rings (SSSR count). The largest absolute Gasteiger partial charge is 0.391 e. The van der Waals surface area contributed by atoms with Gasteiger partial charge in [0.05, 0.1) is 18.8 Å². The van der Waals surface area contributed by atoms with Crippen molar-refractivity contribution in [1.82, 2.24) is 10.3 Å². The summed E-state index contributed by atoms with van der Waals surface area (Å²) in [5, 5.41) is 13.2. The van der Waals surface area contributed by atoms with Crippen molar-refractivity contribution >= 4 is 0 Å². The standard InChI is InChI=1S/C17H22N2O2/c1-21-13-16(20)9-12-19-17(14-5-3-2-4-6-14)15-7-10-18-11-8-15/h2-8,10-11,16-17,19-20H,9,12-13H2,1H3. The van der Waals surface area contributed by atoms with E-state index in [9.17, 15) is 5.11 Å². The van der Waals surface area contributed by atoms with E-state index in [1.54, 1.807) is 19.5 Å². The Morgan fingerprint density at radius 3 is 2.43 bits per heavy atom. The van der Waals surface area contributed by atoms with E-state index in [4.69, 9.17) is 4.74 Å². The predicted molar refractivity (Wildman–Crippen MR) is 83.0 cm³/mol. The molecule has 0 amide bonds. The maximum Gasteiger partial charge on any atom is 0.0785 e. The van der Waals surface area contributed by atoms with Crippen molar-refractivity contribution in [2.45, 2.75) is 18.6 Å². The maximum absolute atomic E-state index is 9.73. The number of rotatable bonds is 8. The van der Waals surface area contributed by atoms with Crippen LogP contribution in [-0.4, -0.2) is 36.5 Å². The van der Waals surface area contributed by atoms with E-state index >= 15 is 0 Å². The molecule has 0 bridgehead atoms. The van der Waals surface area contributed by atoms with E-state index in [0.29, 0.717) is 19.6 Å². The summed E-state index contributed by atoms with van der Waals surface area (Å²) in [6, 6.07) is 14.4. The van der Waals surface area contributed by atoms with Gasteiger partial charge in [0.2, 0.25) is 0 Å². The van der Waals surface area contributed by atoms with Crippen molar-refractivity contribution in [2.24, 2.45) is 0 Å². The van der Waals surface area contributed by atoms with E-state index in [0.717, 1.165) is 5.56 Å². The fourth-order valence-corrected chi connectivity index (χ4v) is 2.30. The van der Waals surface area contributed by atoms with Crippen molar-refractivity contribution in [3.8, 4) is 0 Å². The molecule has 0 fully saturated rings. The molecule has 0 radical (unpaired) electrons. The van der Waals surface area contributed by atoms with Crippen molar-refractivity contribution < 1.29 is 9.84 Å². The number of hydrogen-bond acceptors (Lipinski definition) is 4. The number of aromatic nitrogens is 1. The fraction of sp³-hybridized carbons (Fsp3) is 0.353. The molecule has 4 nitrogen and oxygen atoms in total. The summed E-state index contributed by atoms with van der Waals surface area (Å²) in [4.78, 5) is 4.07. The first kappa shape index (κ1) is 15.6. The first-order valence-corrected chi connectivity index (χ1v) is 7.16. The first-order valence-electron chi connectivity index (χ1n) is 7.16. The molecule has 2 unspecified atom stereocenters. The van der Waals surface area contributed by atoms with Gasteiger partial charge in [0.25, 0.3) is 0 Å². The molecule has 112 valence electrons. The van der Waals surface area contributed by atoms with E-state index < -0.39 is 6.10 Å². The van der Waals surface area contributed by atoms with Crippen molar-refractivity contribution in [1.29, 1.82) is 0 Å². The topological polar surface area (TPSA) is 54.4 Å². The Morgan fingerprint density at radius 1 is 1.10 bits per heavy atom. The zero-order valence-electron chi connectivity index (χ0n) is 12.3. The molecule has 1 aromatic carbocycles. The van der Waals surface area contributed by atoms with Gasteiger partial charge in [-0.1, -0.05) is 30.3 Å². The van der Waals surface area contributed by atoms with Crippen LogP contribution >= 0.6 is 0 Å². The van der Waals surface area contributed by atoms with Crippen LogP contribution in [0.5, 0.6) is 0 Å². The SMILES string of the molecule is COCC(O)CCNC(c1ccccc1)c1ccncc1. The summed E-state index contributed by atoms with van der Waals surface area (Å²) in [6.07, 6.45) is 3.82. The van der Waals surface area contributed by atoms with Gasteiger partial charge in [-0.05, 0) is 36.2 Å². The molecule has 0 saturated carbocycles. The molecule has 0 saturated heterocycles. The number of methoxy groups -OCH3 is 1. The molecule has 2 N–H and O–H groups in total. The first-order chi connectivity index (χ1) is 10.3. The Hall–Kier alpha value is -1.75. The van der Waals surface area contributed by atoms with Crippen LogP contribution in [0.4, 0.5) is 0 Å². The third-order valence-corrected chi connectivity index (χ3v) is 3.36. The maximum atomic E-state index is 9.73. The molecule has 0 aliphatic carbocycles. The monoisotopic (exact) mass is 286 g/mol. The molecule has 2 atom stereocenters. The minimum absolute atomic E-state index is 0.101. The number of nitrogens with zero attached hydrogens (tertiary/aromatic N) is 1. The highest BCUT2D eigenvalue weighted by Gasteiger charge is 2.13. The Kier molecular flexibility index (Phi) is 6.34. The van der Waals surface area contributed by atoms with Crippen LogP contribution in [0.1, 0.15) is 23.6 Å². The second-order valence-electron chi connectivity index (χ2n) is 4.98. The van der Waals surface area contributed by atoms with Gasteiger partial charge >= 0.3 is 0 Å². The average Bonchev–Trinajstić information content (AvgIpc) is 2.53. The Bertz CT molecular complexity index is 465. The normalized spacial score (nSPS) is 13.8. The number of aliphatic hydroxyl groups is 1. The van der Waals surface area contributed by atoms with Crippen LogP contribution in [0, 0.1) is 0 Å². The molecule has 0 spiro atoms. The number of hydrogen-bond donors (Lipinski definition) is 2. The second-order valence-corrected chi connectivity index (χ2v) is 4.98. The summed E-state index contributed by atoms with van der Waals surface area (Å²) in [5.74, 6) is 0. The van der Waals surface area contributed by atoms with Crippen LogP contribution < -0.4 is 5.32 Å². The summed E-state index contributed by atoms with van der Waals surface area (Å²) < 4.78 is 4.94. The highest BCUT2D eigenvalue weighted by atomic mass is 16.5. The van der Waals surface area contributed by atoms with Gasteiger partial charge < -0.3 is 15.2 Å². The molecular formula is C17H22N2O2. The molecule has 1 heterocycles. The molecule has 21 heavy (non-hydrogen) atoms. The average molecular weight is 286 g/mol. The lowest BCUT2D eigenvalue weighted by atomic mass is 9.99. The quantitative estimate of drug-likeness (QED) is 0.781. The highest BCUT2D eigenvalue weighted by Crippen LogP contribution is 2.21. The molecule has 1 aromatic heterocycles. The lowest BCUT2D eigenvalue weighted by Crippen LogP contribution is -2.27. The van der Waals surface area contributed by atoms with E-state index in [-0.39, 0.29) is 6.04 Å². The highest BCUT2D eigenvalue weighted by molar-refractivity contribution is 5.30. The number of benzene rings is 1. The zero-order chi connectivity index (χ0) is 14.9. The van der Waals surface area contributed by atoms with Crippen molar-refractivity contribution in [2.75, 3.05) is 20.3 Å². The minimum Gasteiger partial charge on any atom is -0.391 e. The van der Waals surface area contributed by atoms with E-state index in [1.807, 2.05) is 30.3 Å². The van der Waals surface area contributed by atoms with Gasteiger partial charge in [0.15, 0.2) is 0 Å². The van der Waals surface area contributed by atoms with Gasteiger partial charge in [-0.2, -0.15) is 0 Å². The molecule has 2 aromatic rings. The lowest BCUT2D eigenvalue weighted by Gasteiger charge is -2.20. The van der Waals surface area contributed by atoms with Gasteiger partial charge in [0.1, 0.15) is 0 Å². The smallest absolute Gasteiger partial charge is 0.0785 e. The van der Waals surface area contributed by atoms with E-state index in [2.05, 4.69) is 22.4 Å². The molecule has 0 aliphatic rings. The van der Waals surface area contributed by atoms with Gasteiger partial charge in [-0.15, -0.1) is 0 Å². The molecule has 0 aliphatic heterocycles. The predicted octanol–water partition coefficient (Wildman–Crippen LogP) is 2.16. The Balaban J connectivity index is 2.04. The van der Waals surface area contributed by atoms with Gasteiger partial charge in [-0.3, -0.25) is 4.98 Å². The summed E-state index contributed by atoms with van der Waals surface area (Å²) >= 11 is 0. The van der Waals surface area contributed by atoms with Gasteiger partial charge in [-0.25, -0.2) is 0 Å². The van der Waals surface area contributed by atoms with Crippen LogP contribution in [0.15, 0.2) is 54.9 Å². The minimum atomic E-state index is -0.434.